The summed E-state index contributed by atoms with van der Waals surface area (Å²) in [6.07, 6.45) is 8.42. The average Bonchev–Trinajstić information content (AvgIpc) is 2.94. The Kier molecular flexibility index (Phi) is 14.0. The smallest absolute Gasteiger partial charge is 0.434 e. The van der Waals surface area contributed by atoms with E-state index in [1.54, 1.807) is 6.07 Å². The second-order valence-electron chi connectivity index (χ2n) is 10.1. The summed E-state index contributed by atoms with van der Waals surface area (Å²) in [5.74, 6) is 1.51. The van der Waals surface area contributed by atoms with E-state index < -0.39 is 12.3 Å². The van der Waals surface area contributed by atoms with Crippen molar-refractivity contribution in [2.24, 2.45) is 11.8 Å². The molecule has 0 N–H and O–H groups in total. The fourth-order valence-corrected chi connectivity index (χ4v) is 4.56. The van der Waals surface area contributed by atoms with Crippen LogP contribution in [0.3, 0.4) is 0 Å². The third kappa shape index (κ3) is 9.52. The molecule has 6 nitrogen and oxygen atoms in total. The molecule has 38 heavy (non-hydrogen) atoms. The fourth-order valence-electron chi connectivity index (χ4n) is 4.56. The SMILES string of the molecule is CCCCC(CC)COC(=O)Oc1cc(CC)c(OC(=O)OCC(CC)CCCC)c2ccc(CC)cc12. The Bertz CT molecular complexity index is 1010. The lowest BCUT2D eigenvalue weighted by Gasteiger charge is -2.18. The van der Waals surface area contributed by atoms with Crippen LogP contribution >= 0.6 is 0 Å². The second kappa shape index (κ2) is 17.0. The van der Waals surface area contributed by atoms with E-state index in [0.29, 0.717) is 53.7 Å². The molecular weight excluding hydrogens is 480 g/mol. The minimum atomic E-state index is -0.712. The van der Waals surface area contributed by atoms with Crippen molar-refractivity contribution in [3.63, 3.8) is 0 Å². The molecule has 0 radical (unpaired) electrons. The molecule has 2 rings (SSSR count). The van der Waals surface area contributed by atoms with E-state index in [9.17, 15) is 9.59 Å². The molecule has 2 unspecified atom stereocenters. The Hall–Kier alpha value is -2.76. The van der Waals surface area contributed by atoms with Gasteiger partial charge in [-0.1, -0.05) is 92.2 Å². The molecule has 0 saturated carbocycles. The van der Waals surface area contributed by atoms with Gasteiger partial charge in [-0.2, -0.15) is 0 Å². The van der Waals surface area contributed by atoms with Gasteiger partial charge < -0.3 is 18.9 Å². The van der Waals surface area contributed by atoms with E-state index in [0.717, 1.165) is 68.9 Å². The molecule has 0 aliphatic carbocycles. The first-order valence-corrected chi connectivity index (χ1v) is 14.7. The maximum absolute atomic E-state index is 12.7. The molecule has 0 aromatic heterocycles. The van der Waals surface area contributed by atoms with E-state index in [-0.39, 0.29) is 0 Å². The molecule has 6 heteroatoms. The van der Waals surface area contributed by atoms with E-state index in [1.165, 1.54) is 0 Å². The van der Waals surface area contributed by atoms with Gasteiger partial charge in [0.2, 0.25) is 0 Å². The van der Waals surface area contributed by atoms with Gasteiger partial charge in [0.15, 0.2) is 0 Å². The number of benzene rings is 2. The third-order valence-corrected chi connectivity index (χ3v) is 7.32. The molecule has 0 amide bonds. The quantitative estimate of drug-likeness (QED) is 0.160. The first-order chi connectivity index (χ1) is 18.4. The summed E-state index contributed by atoms with van der Waals surface area (Å²) in [7, 11) is 0. The number of carbonyl (C=O) groups excluding carboxylic acids is 2. The molecule has 0 aliphatic rings. The topological polar surface area (TPSA) is 71.1 Å². The fraction of sp³-hybridized carbons (Fsp3) is 0.625. The van der Waals surface area contributed by atoms with Crippen molar-refractivity contribution >= 4 is 23.1 Å². The molecule has 0 saturated heterocycles. The van der Waals surface area contributed by atoms with Crippen LogP contribution < -0.4 is 9.47 Å². The molecule has 2 aromatic carbocycles. The highest BCUT2D eigenvalue weighted by atomic mass is 16.7. The second-order valence-corrected chi connectivity index (χ2v) is 10.1. The van der Waals surface area contributed by atoms with Crippen molar-refractivity contribution < 1.29 is 28.5 Å². The summed E-state index contributed by atoms with van der Waals surface area (Å²) in [4.78, 5) is 25.4. The third-order valence-electron chi connectivity index (χ3n) is 7.32. The zero-order valence-electron chi connectivity index (χ0n) is 24.4. The predicted octanol–water partition coefficient (Wildman–Crippen LogP) is 9.43. The Labute approximate surface area is 229 Å². The van der Waals surface area contributed by atoms with E-state index in [2.05, 4.69) is 34.6 Å². The zero-order valence-corrected chi connectivity index (χ0v) is 24.4. The molecule has 0 fully saturated rings. The lowest BCUT2D eigenvalue weighted by Crippen LogP contribution is -2.18. The van der Waals surface area contributed by atoms with Crippen molar-refractivity contribution in [2.75, 3.05) is 13.2 Å². The number of ether oxygens (including phenoxy) is 4. The van der Waals surface area contributed by atoms with Gasteiger partial charge in [-0.3, -0.25) is 0 Å². The normalized spacial score (nSPS) is 12.7. The standard InChI is InChI=1S/C32H48O6/c1-7-13-15-24(10-4)21-35-31(33)37-29-20-26(12-6)30(27-18-17-23(9-3)19-28(27)29)38-32(34)36-22-25(11-5)16-14-8-2/h17-20,24-25H,7-16,21-22H2,1-6H3. The number of fused-ring (bicyclic) bond motifs is 1. The van der Waals surface area contributed by atoms with Crippen LogP contribution in [0.5, 0.6) is 11.5 Å². The van der Waals surface area contributed by atoms with Crippen LogP contribution in [0.1, 0.15) is 104 Å². The molecule has 0 aliphatic heterocycles. The first kappa shape index (κ1) is 31.5. The van der Waals surface area contributed by atoms with Crippen molar-refractivity contribution in [3.05, 3.63) is 35.4 Å². The van der Waals surface area contributed by atoms with Gasteiger partial charge in [0.05, 0.1) is 13.2 Å². The molecule has 2 atom stereocenters. The maximum atomic E-state index is 12.7. The summed E-state index contributed by atoms with van der Waals surface area (Å²) in [6, 6.07) is 7.67. The van der Waals surface area contributed by atoms with Crippen molar-refractivity contribution in [1.29, 1.82) is 0 Å². The molecular formula is C32H48O6. The van der Waals surface area contributed by atoms with E-state index >= 15 is 0 Å². The van der Waals surface area contributed by atoms with Gasteiger partial charge in [0.1, 0.15) is 11.5 Å². The molecule has 0 bridgehead atoms. The van der Waals surface area contributed by atoms with Crippen LogP contribution in [0.2, 0.25) is 0 Å². The number of unbranched alkanes of at least 4 members (excludes halogenated alkanes) is 2. The highest BCUT2D eigenvalue weighted by Gasteiger charge is 2.21. The zero-order chi connectivity index (χ0) is 27.9. The number of hydrogen-bond donors (Lipinski definition) is 0. The lowest BCUT2D eigenvalue weighted by molar-refractivity contribution is 0.0797. The predicted molar refractivity (Wildman–Crippen MR) is 153 cm³/mol. The number of carbonyl (C=O) groups is 2. The highest BCUT2D eigenvalue weighted by molar-refractivity contribution is 5.97. The van der Waals surface area contributed by atoms with Gasteiger partial charge in [-0.15, -0.1) is 0 Å². The Morgan fingerprint density at radius 3 is 1.79 bits per heavy atom. The number of aryl methyl sites for hydroxylation is 2. The van der Waals surface area contributed by atoms with Crippen molar-refractivity contribution in [3.8, 4) is 11.5 Å². The Morgan fingerprint density at radius 1 is 0.711 bits per heavy atom. The monoisotopic (exact) mass is 528 g/mol. The largest absolute Gasteiger partial charge is 0.513 e. The van der Waals surface area contributed by atoms with Crippen LogP contribution in [0.4, 0.5) is 9.59 Å². The van der Waals surface area contributed by atoms with Crippen LogP contribution in [-0.4, -0.2) is 25.5 Å². The lowest BCUT2D eigenvalue weighted by atomic mass is 9.99. The van der Waals surface area contributed by atoms with Gasteiger partial charge >= 0.3 is 12.3 Å². The van der Waals surface area contributed by atoms with E-state index in [1.807, 2.05) is 25.1 Å². The average molecular weight is 529 g/mol. The minimum absolute atomic E-state index is 0.327. The summed E-state index contributed by atoms with van der Waals surface area (Å²) in [5, 5.41) is 1.41. The van der Waals surface area contributed by atoms with Crippen LogP contribution in [0, 0.1) is 11.8 Å². The molecule has 0 heterocycles. The van der Waals surface area contributed by atoms with Crippen LogP contribution in [0.25, 0.3) is 10.8 Å². The van der Waals surface area contributed by atoms with Crippen LogP contribution in [-0.2, 0) is 22.3 Å². The molecule has 2 aromatic rings. The van der Waals surface area contributed by atoms with Crippen molar-refractivity contribution in [2.45, 2.75) is 106 Å². The first-order valence-electron chi connectivity index (χ1n) is 14.7. The van der Waals surface area contributed by atoms with E-state index in [4.69, 9.17) is 18.9 Å². The summed E-state index contributed by atoms with van der Waals surface area (Å²) < 4.78 is 22.5. The van der Waals surface area contributed by atoms with Gasteiger partial charge in [-0.25, -0.2) is 9.59 Å². The number of hydrogen-bond acceptors (Lipinski definition) is 6. The van der Waals surface area contributed by atoms with Crippen LogP contribution in [0.15, 0.2) is 24.3 Å². The van der Waals surface area contributed by atoms with Gasteiger partial charge in [0.25, 0.3) is 0 Å². The maximum Gasteiger partial charge on any atom is 0.513 e. The highest BCUT2D eigenvalue weighted by Crippen LogP contribution is 2.38. The van der Waals surface area contributed by atoms with Crippen molar-refractivity contribution in [1.82, 2.24) is 0 Å². The summed E-state index contributed by atoms with van der Waals surface area (Å²) in [6.45, 7) is 13.3. The molecule has 0 spiro atoms. The Balaban J connectivity index is 2.26. The summed E-state index contributed by atoms with van der Waals surface area (Å²) in [5.41, 5.74) is 1.84. The molecule has 212 valence electrons. The van der Waals surface area contributed by atoms with Gasteiger partial charge in [-0.05, 0) is 60.8 Å². The number of rotatable bonds is 16. The Morgan fingerprint density at radius 2 is 1.29 bits per heavy atom. The van der Waals surface area contributed by atoms with Gasteiger partial charge in [0, 0.05) is 10.8 Å². The minimum Gasteiger partial charge on any atom is -0.434 e. The summed E-state index contributed by atoms with van der Waals surface area (Å²) >= 11 is 0.